The van der Waals surface area contributed by atoms with Gasteiger partial charge < -0.3 is 0 Å². The molecular formula is C8H5ClN2O4. The van der Waals surface area contributed by atoms with Crippen LogP contribution in [0.4, 0.5) is 5.69 Å². The summed E-state index contributed by atoms with van der Waals surface area (Å²) in [6, 6.07) is 5.21. The molecule has 0 aliphatic heterocycles. The minimum Gasteiger partial charge on any atom is -0.262 e. The fourth-order valence-corrected chi connectivity index (χ4v) is 1.09. The third kappa shape index (κ3) is 1.79. The lowest BCUT2D eigenvalue weighted by molar-refractivity contribution is -0.384. The Kier molecular flexibility index (Phi) is 2.71. The maximum absolute atomic E-state index is 10.7. The average molecular weight is 229 g/mol. The van der Waals surface area contributed by atoms with Crippen molar-refractivity contribution >= 4 is 18.1 Å². The Morgan fingerprint density at radius 1 is 1.07 bits per heavy atom. The van der Waals surface area contributed by atoms with Crippen molar-refractivity contribution < 1.29 is 4.92 Å². The molecule has 1 aromatic heterocycles. The Morgan fingerprint density at radius 3 is 1.87 bits per heavy atom. The predicted molar refractivity (Wildman–Crippen MR) is 54.6 cm³/mol. The molecule has 0 atom stereocenters. The van der Waals surface area contributed by atoms with E-state index in [1.807, 2.05) is 0 Å². The van der Waals surface area contributed by atoms with E-state index in [4.69, 9.17) is 0 Å². The van der Waals surface area contributed by atoms with E-state index in [1.165, 1.54) is 24.3 Å². The van der Waals surface area contributed by atoms with Gasteiger partial charge in [-0.3, -0.25) is 19.7 Å². The van der Waals surface area contributed by atoms with Crippen LogP contribution < -0.4 is 11.1 Å². The van der Waals surface area contributed by atoms with Crippen LogP contribution in [0.3, 0.4) is 0 Å². The summed E-state index contributed by atoms with van der Waals surface area (Å²) in [5, 5.41) is 10.3. The number of hydrogen-bond acceptors (Lipinski definition) is 4. The normalized spacial score (nSPS) is 9.87. The molecule has 0 fully saturated rings. The summed E-state index contributed by atoms with van der Waals surface area (Å²) < 4.78 is 0.948. The van der Waals surface area contributed by atoms with E-state index in [1.54, 1.807) is 0 Å². The third-order valence-corrected chi connectivity index (χ3v) is 1.86. The zero-order valence-corrected chi connectivity index (χ0v) is 8.06. The summed E-state index contributed by atoms with van der Waals surface area (Å²) in [5.74, 6) is 0. The molecule has 0 radical (unpaired) electrons. The summed E-state index contributed by atoms with van der Waals surface area (Å²) in [6.07, 6.45) is 0. The van der Waals surface area contributed by atoms with Crippen LogP contribution in [-0.2, 0) is 0 Å². The van der Waals surface area contributed by atoms with Gasteiger partial charge in [0.05, 0.1) is 10.6 Å². The van der Waals surface area contributed by atoms with Gasteiger partial charge >= 0.3 is 11.1 Å². The number of halogens is 1. The molecule has 0 spiro atoms. The summed E-state index contributed by atoms with van der Waals surface area (Å²) in [7, 11) is 0. The number of nitro groups is 1. The van der Waals surface area contributed by atoms with Crippen molar-refractivity contribution in [3.05, 3.63) is 55.1 Å². The minimum absolute atomic E-state index is 0. The molecule has 78 valence electrons. The maximum Gasteiger partial charge on any atom is 0.324 e. The van der Waals surface area contributed by atoms with Crippen molar-refractivity contribution in [2.45, 2.75) is 0 Å². The number of hydrogen-bond donors (Lipinski definition) is 0. The van der Waals surface area contributed by atoms with Crippen molar-refractivity contribution in [3.63, 3.8) is 0 Å². The highest BCUT2D eigenvalue weighted by Crippen LogP contribution is 2.13. The molecule has 0 saturated carbocycles. The highest BCUT2D eigenvalue weighted by atomic mass is 35.5. The molecule has 15 heavy (non-hydrogen) atoms. The summed E-state index contributed by atoms with van der Waals surface area (Å²) in [6.45, 7) is 0. The van der Waals surface area contributed by atoms with Crippen LogP contribution in [-0.4, -0.2) is 9.49 Å². The summed E-state index contributed by atoms with van der Waals surface area (Å²) in [5.41, 5.74) is -0.876. The smallest absolute Gasteiger partial charge is 0.262 e. The molecule has 7 heteroatoms. The standard InChI is InChI=1S/C8H4N2O4.ClH/c11-7-8(12)9(7)5-1-3-6(4-2-5)10(13)14;/h1-4H;1H. The molecule has 2 rings (SSSR count). The van der Waals surface area contributed by atoms with E-state index in [9.17, 15) is 19.7 Å². The maximum atomic E-state index is 10.7. The highest BCUT2D eigenvalue weighted by Gasteiger charge is 2.18. The van der Waals surface area contributed by atoms with Crippen LogP contribution in [0.25, 0.3) is 5.69 Å². The molecule has 0 saturated heterocycles. The molecule has 1 heterocycles. The molecule has 0 amide bonds. The molecule has 6 nitrogen and oxygen atoms in total. The lowest BCUT2D eigenvalue weighted by Crippen LogP contribution is -1.93. The second-order valence-electron chi connectivity index (χ2n) is 2.72. The van der Waals surface area contributed by atoms with Crippen molar-refractivity contribution in [3.8, 4) is 5.69 Å². The SMILES string of the molecule is Cl.O=c1c(=O)n1-c1ccc([N+](=O)[O-])cc1. The Hall–Kier alpha value is -1.95. The minimum atomic E-state index is -0.584. The number of rotatable bonds is 2. The quantitative estimate of drug-likeness (QED) is 0.423. The van der Waals surface area contributed by atoms with Crippen LogP contribution >= 0.6 is 12.4 Å². The van der Waals surface area contributed by atoms with Crippen molar-refractivity contribution in [1.82, 2.24) is 4.57 Å². The van der Waals surface area contributed by atoms with Crippen LogP contribution in [0.15, 0.2) is 33.9 Å². The third-order valence-electron chi connectivity index (χ3n) is 1.86. The van der Waals surface area contributed by atoms with Gasteiger partial charge in [-0.05, 0) is 12.1 Å². The number of benzene rings is 1. The lowest BCUT2D eigenvalue weighted by atomic mass is 10.3. The van der Waals surface area contributed by atoms with Gasteiger partial charge in [0.25, 0.3) is 5.69 Å². The fourth-order valence-electron chi connectivity index (χ4n) is 1.09. The highest BCUT2D eigenvalue weighted by molar-refractivity contribution is 5.85. The van der Waals surface area contributed by atoms with Crippen molar-refractivity contribution in [2.75, 3.05) is 0 Å². The van der Waals surface area contributed by atoms with Crippen LogP contribution in [0.1, 0.15) is 0 Å². The van der Waals surface area contributed by atoms with Crippen molar-refractivity contribution in [1.29, 1.82) is 0 Å². The first kappa shape index (κ1) is 11.1. The Bertz CT molecular complexity index is 540. The van der Waals surface area contributed by atoms with Gasteiger partial charge in [-0.1, -0.05) is 0 Å². The van der Waals surface area contributed by atoms with Gasteiger partial charge in [0.2, 0.25) is 0 Å². The van der Waals surface area contributed by atoms with Crippen molar-refractivity contribution in [2.24, 2.45) is 0 Å². The van der Waals surface area contributed by atoms with Crippen LogP contribution in [0, 0.1) is 10.1 Å². The van der Waals surface area contributed by atoms with Gasteiger partial charge in [-0.15, -0.1) is 12.4 Å². The fraction of sp³-hybridized carbons (Fsp3) is 0. The first-order valence-electron chi connectivity index (χ1n) is 3.74. The first-order chi connectivity index (χ1) is 6.61. The zero-order valence-electron chi connectivity index (χ0n) is 7.25. The van der Waals surface area contributed by atoms with E-state index in [-0.39, 0.29) is 18.1 Å². The summed E-state index contributed by atoms with van der Waals surface area (Å²) >= 11 is 0. The number of nitrogens with zero attached hydrogens (tertiary/aromatic N) is 2. The van der Waals surface area contributed by atoms with Gasteiger partial charge in [0.1, 0.15) is 0 Å². The lowest BCUT2D eigenvalue weighted by Gasteiger charge is -1.93. The Morgan fingerprint density at radius 2 is 1.53 bits per heavy atom. The average Bonchev–Trinajstić information content (AvgIpc) is 2.75. The largest absolute Gasteiger partial charge is 0.324 e. The zero-order chi connectivity index (χ0) is 10.3. The van der Waals surface area contributed by atoms with Gasteiger partial charge in [0.15, 0.2) is 0 Å². The number of non-ortho nitro benzene ring substituents is 1. The Balaban J connectivity index is 0.00000112. The second-order valence-corrected chi connectivity index (χ2v) is 2.72. The van der Waals surface area contributed by atoms with Gasteiger partial charge in [-0.2, -0.15) is 0 Å². The Labute approximate surface area is 89.0 Å². The molecule has 0 N–H and O–H groups in total. The molecule has 0 aliphatic carbocycles. The monoisotopic (exact) mass is 228 g/mol. The topological polar surface area (TPSA) is 82.2 Å². The van der Waals surface area contributed by atoms with Crippen LogP contribution in [0.5, 0.6) is 0 Å². The molecule has 0 aliphatic rings. The molecule has 1 aromatic carbocycles. The van der Waals surface area contributed by atoms with E-state index >= 15 is 0 Å². The summed E-state index contributed by atoms with van der Waals surface area (Å²) in [4.78, 5) is 31.1. The van der Waals surface area contributed by atoms with E-state index < -0.39 is 16.0 Å². The first-order valence-corrected chi connectivity index (χ1v) is 3.74. The molecule has 0 bridgehead atoms. The van der Waals surface area contributed by atoms with E-state index in [0.717, 1.165) is 4.57 Å². The number of aromatic nitrogens is 1. The molecule has 0 unspecified atom stereocenters. The molecule has 2 aromatic rings. The van der Waals surface area contributed by atoms with Gasteiger partial charge in [0, 0.05) is 12.1 Å². The van der Waals surface area contributed by atoms with E-state index in [2.05, 4.69) is 0 Å². The number of nitro benzene ring substituents is 1. The van der Waals surface area contributed by atoms with E-state index in [0.29, 0.717) is 5.69 Å². The molecular weight excluding hydrogens is 224 g/mol. The van der Waals surface area contributed by atoms with Crippen LogP contribution in [0.2, 0.25) is 0 Å². The predicted octanol–water partition coefficient (Wildman–Crippen LogP) is 0.403. The van der Waals surface area contributed by atoms with Gasteiger partial charge in [-0.25, -0.2) is 4.57 Å². The second kappa shape index (κ2) is 3.66.